The van der Waals surface area contributed by atoms with E-state index in [0.717, 1.165) is 98.4 Å². The fourth-order valence-corrected chi connectivity index (χ4v) is 9.86. The van der Waals surface area contributed by atoms with Crippen LogP contribution in [0.25, 0.3) is 55.5 Å². The van der Waals surface area contributed by atoms with E-state index in [1.165, 1.54) is 62.3 Å². The lowest BCUT2D eigenvalue weighted by Gasteiger charge is -2.38. The third kappa shape index (κ3) is 5.20. The molecule has 0 amide bonds. The number of aromatic amines is 2. The van der Waals surface area contributed by atoms with Crippen molar-refractivity contribution in [3.8, 4) is 11.1 Å². The van der Waals surface area contributed by atoms with Gasteiger partial charge in [-0.3, -0.25) is 9.59 Å². The molecule has 3 aromatic heterocycles. The van der Waals surface area contributed by atoms with E-state index in [9.17, 15) is 9.59 Å². The number of allylic oxidation sites excluding steroid dienone is 8. The lowest BCUT2D eigenvalue weighted by molar-refractivity contribution is -0.116. The molecular weight excluding hydrogens is 665 g/mol. The molecule has 54 heavy (non-hydrogen) atoms. The maximum absolute atomic E-state index is 12.9. The summed E-state index contributed by atoms with van der Waals surface area (Å²) >= 11 is 0. The number of ketones is 2. The van der Waals surface area contributed by atoms with E-state index in [4.69, 9.17) is 9.97 Å². The third-order valence-corrected chi connectivity index (χ3v) is 13.4. The lowest BCUT2D eigenvalue weighted by Crippen LogP contribution is -2.33. The van der Waals surface area contributed by atoms with Crippen LogP contribution in [0.2, 0.25) is 0 Å². The average molecular weight is 713 g/mol. The number of hydrogen-bond acceptors (Lipinski definition) is 4. The molecule has 8 bridgehead atoms. The summed E-state index contributed by atoms with van der Waals surface area (Å²) in [4.78, 5) is 44.0. The molecule has 6 nitrogen and oxygen atoms in total. The van der Waals surface area contributed by atoms with Crippen LogP contribution < -0.4 is 0 Å². The second-order valence-electron chi connectivity index (χ2n) is 16.2. The normalized spacial score (nSPS) is 19.5. The van der Waals surface area contributed by atoms with Crippen LogP contribution in [-0.4, -0.2) is 31.5 Å². The number of carbonyl (C=O) groups is 2. The van der Waals surface area contributed by atoms with E-state index in [0.29, 0.717) is 24.7 Å². The molecule has 1 aromatic carbocycles. The molecule has 5 heterocycles. The van der Waals surface area contributed by atoms with Crippen molar-refractivity contribution in [2.45, 2.75) is 93.9 Å². The zero-order chi connectivity index (χ0) is 37.7. The second kappa shape index (κ2) is 12.6. The highest BCUT2D eigenvalue weighted by atomic mass is 16.1. The van der Waals surface area contributed by atoms with E-state index >= 15 is 0 Å². The van der Waals surface area contributed by atoms with Crippen molar-refractivity contribution in [2.24, 2.45) is 11.8 Å². The first-order valence-corrected chi connectivity index (χ1v) is 19.7. The van der Waals surface area contributed by atoms with Gasteiger partial charge in [-0.25, -0.2) is 9.97 Å². The average Bonchev–Trinajstić information content (AvgIpc) is 3.81. The molecule has 4 aromatic rings. The van der Waals surface area contributed by atoms with Crippen molar-refractivity contribution in [1.82, 2.24) is 19.9 Å². The van der Waals surface area contributed by atoms with Gasteiger partial charge >= 0.3 is 0 Å². The first-order valence-electron chi connectivity index (χ1n) is 19.7. The van der Waals surface area contributed by atoms with Crippen molar-refractivity contribution < 1.29 is 9.59 Å². The van der Waals surface area contributed by atoms with Crippen molar-refractivity contribution >= 4 is 55.9 Å². The van der Waals surface area contributed by atoms with Gasteiger partial charge in [0, 0.05) is 33.3 Å². The molecule has 0 radical (unpaired) electrons. The number of aryl methyl sites for hydroxylation is 4. The molecule has 272 valence electrons. The van der Waals surface area contributed by atoms with Crippen LogP contribution in [0.4, 0.5) is 0 Å². The number of benzene rings is 1. The van der Waals surface area contributed by atoms with Crippen LogP contribution in [0.15, 0.2) is 59.7 Å². The van der Waals surface area contributed by atoms with Gasteiger partial charge in [0.1, 0.15) is 0 Å². The highest BCUT2D eigenvalue weighted by molar-refractivity contribution is 6.20. The van der Waals surface area contributed by atoms with Crippen LogP contribution in [-0.2, 0) is 28.9 Å². The van der Waals surface area contributed by atoms with E-state index in [1.54, 1.807) is 0 Å². The predicted octanol–water partition coefficient (Wildman–Crippen LogP) is 10.9. The Morgan fingerprint density at radius 3 is 1.96 bits per heavy atom. The number of hydrogen-bond donors (Lipinski definition) is 2. The van der Waals surface area contributed by atoms with Gasteiger partial charge in [-0.2, -0.15) is 0 Å². The number of fused-ring (bicyclic) bond motifs is 10. The molecule has 2 N–H and O–H groups in total. The van der Waals surface area contributed by atoms with Gasteiger partial charge < -0.3 is 9.97 Å². The van der Waals surface area contributed by atoms with Crippen LogP contribution in [0, 0.1) is 32.6 Å². The van der Waals surface area contributed by atoms with Gasteiger partial charge in [-0.15, -0.1) is 0 Å². The zero-order valence-electron chi connectivity index (χ0n) is 32.7. The molecule has 2 atom stereocenters. The molecule has 0 unspecified atom stereocenters. The van der Waals surface area contributed by atoms with Gasteiger partial charge in [-0.05, 0) is 183 Å². The van der Waals surface area contributed by atoms with Gasteiger partial charge in [0.15, 0.2) is 11.6 Å². The van der Waals surface area contributed by atoms with E-state index in [-0.39, 0.29) is 11.6 Å². The predicted molar refractivity (Wildman–Crippen MR) is 221 cm³/mol. The summed E-state index contributed by atoms with van der Waals surface area (Å²) in [6.45, 7) is 17.7. The number of nitrogens with zero attached hydrogens (tertiary/aromatic N) is 2. The quantitative estimate of drug-likeness (QED) is 0.207. The number of aromatic nitrogens is 4. The summed E-state index contributed by atoms with van der Waals surface area (Å²) in [5.74, 6) is 0.743. The zero-order valence-corrected chi connectivity index (χ0v) is 32.7. The number of H-pyrrole nitrogens is 2. The smallest absolute Gasteiger partial charge is 0.182 e. The molecule has 0 saturated carbocycles. The van der Waals surface area contributed by atoms with Crippen LogP contribution in [0.1, 0.15) is 110 Å². The Hall–Kier alpha value is -5.36. The SMILES string of the molecule is CCC1=C(C)c2cc3nc(c(-c4ccc5c(c4)C[C@@H]4CC6=C(C[C@H]4C5)C(=O)C=CC6=O)c4[nH]c(cc5[nH]c(cc1n2)c(CC)c5C)c(C)c4C)C(C)=C3C. The standard InChI is InChI=1S/C48H48N4O2/c1-9-34-27(7)40-20-38-23(3)25(5)47(51-38)46(48-26(6)24(4)39(52-48)21-41-28(8)35(10-2)43(50-41)22-42(34)49-40)30-12-11-29-15-32-18-36-37(45(54)14-13-44(36)53)19-33(32)17-31(29)16-30/h11-14,16,20-22,32-33,49,51H,9-10,15,17-19H2,1-8H3/t32-,33-/m1/s1. The van der Waals surface area contributed by atoms with E-state index in [1.807, 2.05) is 0 Å². The van der Waals surface area contributed by atoms with Crippen molar-refractivity contribution in [3.05, 3.63) is 116 Å². The minimum atomic E-state index is 0.0132. The van der Waals surface area contributed by atoms with Gasteiger partial charge in [-0.1, -0.05) is 32.0 Å². The van der Waals surface area contributed by atoms with E-state index in [2.05, 4.69) is 102 Å². The Morgan fingerprint density at radius 1 is 0.611 bits per heavy atom. The van der Waals surface area contributed by atoms with Crippen LogP contribution in [0.3, 0.4) is 0 Å². The van der Waals surface area contributed by atoms with Crippen molar-refractivity contribution in [1.29, 1.82) is 0 Å². The first-order chi connectivity index (χ1) is 25.9. The molecular formula is C48H48N4O2. The summed E-state index contributed by atoms with van der Waals surface area (Å²) in [5.41, 5.74) is 24.6. The van der Waals surface area contributed by atoms with Gasteiger partial charge in [0.05, 0.1) is 28.3 Å². The highest BCUT2D eigenvalue weighted by Gasteiger charge is 2.38. The lowest BCUT2D eigenvalue weighted by atomic mass is 9.65. The molecule has 2 aliphatic heterocycles. The Balaban J connectivity index is 1.30. The van der Waals surface area contributed by atoms with E-state index < -0.39 is 0 Å². The number of nitrogens with one attached hydrogen (secondary N) is 2. The number of rotatable bonds is 3. The maximum Gasteiger partial charge on any atom is 0.182 e. The Kier molecular flexibility index (Phi) is 8.04. The Morgan fingerprint density at radius 2 is 1.28 bits per heavy atom. The summed E-state index contributed by atoms with van der Waals surface area (Å²) < 4.78 is 0. The third-order valence-electron chi connectivity index (χ3n) is 13.4. The summed E-state index contributed by atoms with van der Waals surface area (Å²) in [6.07, 6.45) is 7.95. The summed E-state index contributed by atoms with van der Waals surface area (Å²) in [5, 5.41) is 0. The minimum Gasteiger partial charge on any atom is -0.355 e. The molecule has 5 aliphatic rings. The largest absolute Gasteiger partial charge is 0.355 e. The molecule has 6 heteroatoms. The van der Waals surface area contributed by atoms with Crippen molar-refractivity contribution in [2.75, 3.05) is 0 Å². The summed E-state index contributed by atoms with van der Waals surface area (Å²) in [7, 11) is 0. The second-order valence-corrected chi connectivity index (χ2v) is 16.2. The highest BCUT2D eigenvalue weighted by Crippen LogP contribution is 2.46. The molecule has 0 spiro atoms. The molecule has 3 aliphatic carbocycles. The monoisotopic (exact) mass is 712 g/mol. The van der Waals surface area contributed by atoms with Gasteiger partial charge in [0.2, 0.25) is 0 Å². The molecule has 0 fully saturated rings. The summed E-state index contributed by atoms with van der Waals surface area (Å²) in [6, 6.07) is 13.7. The van der Waals surface area contributed by atoms with Crippen LogP contribution in [0.5, 0.6) is 0 Å². The van der Waals surface area contributed by atoms with Gasteiger partial charge in [0.25, 0.3) is 0 Å². The minimum absolute atomic E-state index is 0.0132. The van der Waals surface area contributed by atoms with Crippen LogP contribution >= 0.6 is 0 Å². The molecule has 9 rings (SSSR count). The fourth-order valence-electron chi connectivity index (χ4n) is 9.86. The number of carbonyl (C=O) groups excluding carboxylic acids is 2. The fraction of sp³-hybridized carbons (Fsp3) is 0.333. The molecule has 0 saturated heterocycles. The first kappa shape index (κ1) is 34.4. The topological polar surface area (TPSA) is 91.5 Å². The Bertz CT molecular complexity index is 2690. The Labute approximate surface area is 317 Å². The van der Waals surface area contributed by atoms with Crippen molar-refractivity contribution in [3.63, 3.8) is 0 Å². The maximum atomic E-state index is 12.9.